The zero-order valence-corrected chi connectivity index (χ0v) is 13.9. The number of anilines is 1. The molecule has 21 heavy (non-hydrogen) atoms. The largest absolute Gasteiger partial charge is 0.388 e. The van der Waals surface area contributed by atoms with Gasteiger partial charge in [0.15, 0.2) is 0 Å². The van der Waals surface area contributed by atoms with E-state index in [2.05, 4.69) is 36.2 Å². The van der Waals surface area contributed by atoms with Crippen LogP contribution >= 0.6 is 0 Å². The molecule has 1 aromatic rings. The van der Waals surface area contributed by atoms with E-state index in [4.69, 9.17) is 0 Å². The van der Waals surface area contributed by atoms with Crippen molar-refractivity contribution in [3.8, 4) is 0 Å². The maximum atomic E-state index is 10.6. The number of aromatic nitrogens is 2. The fourth-order valence-corrected chi connectivity index (χ4v) is 3.47. The summed E-state index contributed by atoms with van der Waals surface area (Å²) in [4.78, 5) is 2.17. The monoisotopic (exact) mass is 294 g/mol. The summed E-state index contributed by atoms with van der Waals surface area (Å²) in [5, 5.41) is 18.7. The third kappa shape index (κ3) is 3.77. The lowest BCUT2D eigenvalue weighted by Crippen LogP contribution is -2.40. The lowest BCUT2D eigenvalue weighted by molar-refractivity contribution is 0.0556. The molecule has 1 aliphatic carbocycles. The molecule has 0 radical (unpaired) electrons. The van der Waals surface area contributed by atoms with Crippen molar-refractivity contribution in [1.82, 2.24) is 15.1 Å². The minimum Gasteiger partial charge on any atom is -0.388 e. The van der Waals surface area contributed by atoms with Crippen LogP contribution in [-0.4, -0.2) is 40.6 Å². The standard InChI is InChI=1S/C16H30N4O/c1-5-10-17-11-14-13(2)18-20(4)15(14)19(3)12-16(21)8-6-7-9-16/h17,21H,5-12H2,1-4H3. The third-order valence-electron chi connectivity index (χ3n) is 4.47. The van der Waals surface area contributed by atoms with Gasteiger partial charge >= 0.3 is 0 Å². The first kappa shape index (κ1) is 16.3. The van der Waals surface area contributed by atoms with Crippen LogP contribution in [0.15, 0.2) is 0 Å². The van der Waals surface area contributed by atoms with Gasteiger partial charge in [0.05, 0.1) is 11.3 Å². The minimum atomic E-state index is -0.527. The molecule has 2 N–H and O–H groups in total. The molecule has 1 fully saturated rings. The fraction of sp³-hybridized carbons (Fsp3) is 0.812. The topological polar surface area (TPSA) is 53.3 Å². The molecule has 0 aromatic carbocycles. The number of nitrogens with one attached hydrogen (secondary N) is 1. The summed E-state index contributed by atoms with van der Waals surface area (Å²) in [5.41, 5.74) is 1.79. The highest BCUT2D eigenvalue weighted by Crippen LogP contribution is 2.32. The van der Waals surface area contributed by atoms with Crippen LogP contribution in [0.1, 0.15) is 50.3 Å². The summed E-state index contributed by atoms with van der Waals surface area (Å²) in [5.74, 6) is 1.12. The van der Waals surface area contributed by atoms with Gasteiger partial charge in [0.25, 0.3) is 0 Å². The van der Waals surface area contributed by atoms with Crippen molar-refractivity contribution in [2.45, 2.75) is 58.1 Å². The summed E-state index contributed by atoms with van der Waals surface area (Å²) in [7, 11) is 4.05. The van der Waals surface area contributed by atoms with Crippen LogP contribution in [0.4, 0.5) is 5.82 Å². The van der Waals surface area contributed by atoms with Crippen molar-refractivity contribution in [2.24, 2.45) is 7.05 Å². The Morgan fingerprint density at radius 3 is 2.67 bits per heavy atom. The molecule has 1 aromatic heterocycles. The Bertz CT molecular complexity index is 463. The molecule has 1 saturated carbocycles. The Hall–Kier alpha value is -1.07. The van der Waals surface area contributed by atoms with Crippen LogP contribution in [-0.2, 0) is 13.6 Å². The van der Waals surface area contributed by atoms with E-state index in [1.165, 1.54) is 5.56 Å². The number of aryl methyl sites for hydroxylation is 2. The second kappa shape index (κ2) is 6.79. The van der Waals surface area contributed by atoms with Crippen molar-refractivity contribution in [3.63, 3.8) is 0 Å². The Kier molecular flexibility index (Phi) is 5.27. The van der Waals surface area contributed by atoms with Gasteiger partial charge in [0.2, 0.25) is 0 Å². The molecule has 0 saturated heterocycles. The van der Waals surface area contributed by atoms with Gasteiger partial charge in [-0.1, -0.05) is 19.8 Å². The average molecular weight is 294 g/mol. The maximum absolute atomic E-state index is 10.6. The molecule has 0 aliphatic heterocycles. The number of hydrogen-bond acceptors (Lipinski definition) is 4. The normalized spacial score (nSPS) is 17.4. The van der Waals surface area contributed by atoms with Gasteiger partial charge in [-0.3, -0.25) is 4.68 Å². The van der Waals surface area contributed by atoms with E-state index in [1.807, 2.05) is 11.7 Å². The summed E-state index contributed by atoms with van der Waals surface area (Å²) < 4.78 is 1.94. The molecule has 0 bridgehead atoms. The Morgan fingerprint density at radius 1 is 1.38 bits per heavy atom. The fourth-order valence-electron chi connectivity index (χ4n) is 3.47. The van der Waals surface area contributed by atoms with Gasteiger partial charge in [-0.25, -0.2) is 0 Å². The zero-order chi connectivity index (χ0) is 15.5. The number of rotatable bonds is 7. The predicted molar refractivity (Wildman–Crippen MR) is 86.6 cm³/mol. The first-order chi connectivity index (χ1) is 9.97. The minimum absolute atomic E-state index is 0.527. The zero-order valence-electron chi connectivity index (χ0n) is 13.9. The van der Waals surface area contributed by atoms with Crippen LogP contribution in [0.2, 0.25) is 0 Å². The molecular weight excluding hydrogens is 264 g/mol. The van der Waals surface area contributed by atoms with Gasteiger partial charge in [0, 0.05) is 32.7 Å². The van der Waals surface area contributed by atoms with E-state index in [0.717, 1.165) is 56.7 Å². The molecule has 5 heteroatoms. The molecule has 2 rings (SSSR count). The Morgan fingerprint density at radius 2 is 2.05 bits per heavy atom. The van der Waals surface area contributed by atoms with E-state index in [1.54, 1.807) is 0 Å². The van der Waals surface area contributed by atoms with Crippen LogP contribution in [0.5, 0.6) is 0 Å². The second-order valence-corrected chi connectivity index (χ2v) is 6.48. The van der Waals surface area contributed by atoms with E-state index < -0.39 is 5.60 Å². The first-order valence-electron chi connectivity index (χ1n) is 8.13. The molecule has 0 spiro atoms. The lowest BCUT2D eigenvalue weighted by atomic mass is 10.0. The molecule has 0 amide bonds. The maximum Gasteiger partial charge on any atom is 0.131 e. The highest BCUT2D eigenvalue weighted by molar-refractivity contribution is 5.50. The van der Waals surface area contributed by atoms with Crippen molar-refractivity contribution in [1.29, 1.82) is 0 Å². The first-order valence-corrected chi connectivity index (χ1v) is 8.13. The number of likely N-dealkylation sites (N-methyl/N-ethyl adjacent to an activating group) is 1. The Labute approximate surface area is 128 Å². The summed E-state index contributed by atoms with van der Waals surface area (Å²) >= 11 is 0. The van der Waals surface area contributed by atoms with Crippen LogP contribution in [0.3, 0.4) is 0 Å². The highest BCUT2D eigenvalue weighted by Gasteiger charge is 2.33. The molecule has 0 atom stereocenters. The van der Waals surface area contributed by atoms with Crippen molar-refractivity contribution < 1.29 is 5.11 Å². The van der Waals surface area contributed by atoms with Gasteiger partial charge in [-0.15, -0.1) is 0 Å². The van der Waals surface area contributed by atoms with Crippen LogP contribution < -0.4 is 10.2 Å². The SMILES string of the molecule is CCCNCc1c(C)nn(C)c1N(C)CC1(O)CCCC1. The van der Waals surface area contributed by atoms with Crippen molar-refractivity contribution in [3.05, 3.63) is 11.3 Å². The van der Waals surface area contributed by atoms with E-state index in [0.29, 0.717) is 6.54 Å². The van der Waals surface area contributed by atoms with E-state index >= 15 is 0 Å². The summed E-state index contributed by atoms with van der Waals surface area (Å²) in [6.45, 7) is 6.77. The quantitative estimate of drug-likeness (QED) is 0.755. The smallest absolute Gasteiger partial charge is 0.131 e. The van der Waals surface area contributed by atoms with Crippen molar-refractivity contribution in [2.75, 3.05) is 25.0 Å². The predicted octanol–water partition coefficient (Wildman–Crippen LogP) is 1.97. The summed E-state index contributed by atoms with van der Waals surface area (Å²) in [6.07, 6.45) is 5.23. The van der Waals surface area contributed by atoms with Crippen LogP contribution in [0.25, 0.3) is 0 Å². The molecule has 1 heterocycles. The van der Waals surface area contributed by atoms with E-state index in [9.17, 15) is 5.11 Å². The van der Waals surface area contributed by atoms with Crippen LogP contribution in [0, 0.1) is 6.92 Å². The molecule has 5 nitrogen and oxygen atoms in total. The average Bonchev–Trinajstić information content (AvgIpc) is 2.94. The number of hydrogen-bond donors (Lipinski definition) is 2. The number of nitrogens with zero attached hydrogens (tertiary/aromatic N) is 3. The van der Waals surface area contributed by atoms with Crippen molar-refractivity contribution >= 4 is 5.82 Å². The van der Waals surface area contributed by atoms with E-state index in [-0.39, 0.29) is 0 Å². The number of aliphatic hydroxyl groups is 1. The molecule has 0 unspecified atom stereocenters. The van der Waals surface area contributed by atoms with Gasteiger partial charge in [0.1, 0.15) is 5.82 Å². The molecule has 1 aliphatic rings. The highest BCUT2D eigenvalue weighted by atomic mass is 16.3. The van der Waals surface area contributed by atoms with Gasteiger partial charge in [-0.2, -0.15) is 5.10 Å². The third-order valence-corrected chi connectivity index (χ3v) is 4.47. The lowest BCUT2D eigenvalue weighted by Gasteiger charge is -2.30. The summed E-state index contributed by atoms with van der Waals surface area (Å²) in [6, 6.07) is 0. The van der Waals surface area contributed by atoms with Gasteiger partial charge in [-0.05, 0) is 32.7 Å². The second-order valence-electron chi connectivity index (χ2n) is 6.48. The van der Waals surface area contributed by atoms with Gasteiger partial charge < -0.3 is 15.3 Å². The Balaban J connectivity index is 2.13. The molecular formula is C16H30N4O. The molecule has 120 valence electrons.